The van der Waals surface area contributed by atoms with Crippen molar-refractivity contribution < 1.29 is 13.6 Å². The highest BCUT2D eigenvalue weighted by atomic mass is 32.2. The normalized spacial score (nSPS) is 16.4. The molecule has 1 aliphatic carbocycles. The van der Waals surface area contributed by atoms with E-state index in [9.17, 15) is 13.6 Å². The lowest BCUT2D eigenvalue weighted by molar-refractivity contribution is 0.0954. The summed E-state index contributed by atoms with van der Waals surface area (Å²) in [6, 6.07) is 12.0. The Morgan fingerprint density at radius 3 is 2.48 bits per heavy atom. The van der Waals surface area contributed by atoms with Crippen LogP contribution in [-0.2, 0) is 0 Å². The molecule has 0 N–H and O–H groups in total. The molecule has 3 rings (SSSR count). The van der Waals surface area contributed by atoms with Crippen molar-refractivity contribution in [3.05, 3.63) is 59.7 Å². The van der Waals surface area contributed by atoms with Gasteiger partial charge in [0.1, 0.15) is 5.49 Å². The van der Waals surface area contributed by atoms with Gasteiger partial charge in [-0.05, 0) is 49.2 Å². The summed E-state index contributed by atoms with van der Waals surface area (Å²) in [6.07, 6.45) is 7.43. The van der Waals surface area contributed by atoms with E-state index in [0.717, 1.165) is 12.8 Å². The first-order valence-electron chi connectivity index (χ1n) is 8.44. The van der Waals surface area contributed by atoms with E-state index in [0.29, 0.717) is 27.7 Å². The van der Waals surface area contributed by atoms with Crippen LogP contribution >= 0.6 is 11.8 Å². The molecule has 0 aliphatic heterocycles. The van der Waals surface area contributed by atoms with Gasteiger partial charge in [0.2, 0.25) is 0 Å². The lowest BCUT2D eigenvalue weighted by Gasteiger charge is -2.17. The van der Waals surface area contributed by atoms with E-state index in [1.165, 1.54) is 23.8 Å². The number of alkyl halides is 2. The topological polar surface area (TPSA) is 34.4 Å². The van der Waals surface area contributed by atoms with E-state index in [2.05, 4.69) is 0 Å². The fraction of sp³-hybridized carbons (Fsp3) is 0.368. The van der Waals surface area contributed by atoms with Crippen molar-refractivity contribution >= 4 is 17.7 Å². The molecular weight excluding hydrogens is 342 g/mol. The average Bonchev–Trinajstić information content (AvgIpc) is 2.63. The largest absolute Gasteiger partial charge is 0.288 e. The molecule has 1 saturated carbocycles. The number of pyridine rings is 1. The van der Waals surface area contributed by atoms with Gasteiger partial charge in [-0.3, -0.25) is 14.4 Å². The summed E-state index contributed by atoms with van der Waals surface area (Å²) < 4.78 is 26.3. The highest BCUT2D eigenvalue weighted by Gasteiger charge is 2.14. The van der Waals surface area contributed by atoms with Gasteiger partial charge < -0.3 is 0 Å². The van der Waals surface area contributed by atoms with Gasteiger partial charge in [0.15, 0.2) is 0 Å². The second kappa shape index (κ2) is 8.43. The van der Waals surface area contributed by atoms with Crippen LogP contribution in [0.4, 0.5) is 8.78 Å². The molecule has 132 valence electrons. The second-order valence-electron chi connectivity index (χ2n) is 6.06. The standard InChI is InChI=1S/C19H20F2N2OS/c20-19(21)25-16-11-9-14(10-12-16)18(24)23-13-5-4-8-17(23)22-15-6-2-1-3-7-15/h4-5,8-13,15,19H,1-3,6-7H2. The molecule has 0 atom stereocenters. The fourth-order valence-corrected chi connectivity index (χ4v) is 3.53. The lowest BCUT2D eigenvalue weighted by atomic mass is 9.96. The molecule has 1 heterocycles. The zero-order chi connectivity index (χ0) is 17.6. The highest BCUT2D eigenvalue weighted by molar-refractivity contribution is 7.99. The molecule has 1 fully saturated rings. The van der Waals surface area contributed by atoms with E-state index in [1.54, 1.807) is 36.5 Å². The fourth-order valence-electron chi connectivity index (χ4n) is 3.03. The van der Waals surface area contributed by atoms with Crippen LogP contribution in [0.15, 0.2) is 58.5 Å². The number of hydrogen-bond donors (Lipinski definition) is 0. The SMILES string of the molecule is O=C(c1ccc(SC(F)F)cc1)n1ccccc1=NC1CCCCC1. The molecule has 0 bridgehead atoms. The molecule has 0 amide bonds. The summed E-state index contributed by atoms with van der Waals surface area (Å²) in [4.78, 5) is 18.0. The first-order chi connectivity index (χ1) is 12.1. The zero-order valence-corrected chi connectivity index (χ0v) is 14.6. The maximum absolute atomic E-state index is 12.8. The number of hydrogen-bond acceptors (Lipinski definition) is 3. The van der Waals surface area contributed by atoms with E-state index in [4.69, 9.17) is 4.99 Å². The van der Waals surface area contributed by atoms with Gasteiger partial charge >= 0.3 is 0 Å². The number of nitrogens with zero attached hydrogens (tertiary/aromatic N) is 2. The Kier molecular flexibility index (Phi) is 6.02. The van der Waals surface area contributed by atoms with E-state index in [1.807, 2.05) is 12.1 Å². The minimum Gasteiger partial charge on any atom is -0.268 e. The van der Waals surface area contributed by atoms with Gasteiger partial charge in [0.05, 0.1) is 6.04 Å². The summed E-state index contributed by atoms with van der Waals surface area (Å²) in [5, 5.41) is 0. The van der Waals surface area contributed by atoms with Gasteiger partial charge in [-0.15, -0.1) is 0 Å². The number of benzene rings is 1. The molecule has 2 aromatic rings. The van der Waals surface area contributed by atoms with Crippen LogP contribution in [-0.4, -0.2) is 22.3 Å². The molecule has 1 aliphatic rings. The number of carbonyl (C=O) groups excluding carboxylic acids is 1. The molecule has 1 aromatic heterocycles. The van der Waals surface area contributed by atoms with E-state index >= 15 is 0 Å². The summed E-state index contributed by atoms with van der Waals surface area (Å²) in [6.45, 7) is 0. The van der Waals surface area contributed by atoms with Crippen LogP contribution in [0.3, 0.4) is 0 Å². The maximum Gasteiger partial charge on any atom is 0.288 e. The van der Waals surface area contributed by atoms with Gasteiger partial charge in [0, 0.05) is 16.7 Å². The Bertz CT molecular complexity index is 781. The molecule has 0 radical (unpaired) electrons. The van der Waals surface area contributed by atoms with Crippen molar-refractivity contribution in [2.45, 2.75) is 48.8 Å². The summed E-state index contributed by atoms with van der Waals surface area (Å²) in [5.41, 5.74) is 1.10. The van der Waals surface area contributed by atoms with Crippen LogP contribution < -0.4 is 5.49 Å². The predicted molar refractivity (Wildman–Crippen MR) is 94.9 cm³/mol. The van der Waals surface area contributed by atoms with Crippen molar-refractivity contribution in [1.82, 2.24) is 4.57 Å². The van der Waals surface area contributed by atoms with Gasteiger partial charge in [0.25, 0.3) is 11.7 Å². The average molecular weight is 362 g/mol. The monoisotopic (exact) mass is 362 g/mol. The number of aromatic nitrogens is 1. The van der Waals surface area contributed by atoms with Gasteiger partial charge in [-0.2, -0.15) is 8.78 Å². The van der Waals surface area contributed by atoms with Crippen LogP contribution in [0.25, 0.3) is 0 Å². The molecule has 6 heteroatoms. The number of thioether (sulfide) groups is 1. The highest BCUT2D eigenvalue weighted by Crippen LogP contribution is 2.25. The first-order valence-corrected chi connectivity index (χ1v) is 9.32. The number of carbonyl (C=O) groups is 1. The Balaban J connectivity index is 1.86. The maximum atomic E-state index is 12.8. The second-order valence-corrected chi connectivity index (χ2v) is 7.12. The van der Waals surface area contributed by atoms with Crippen LogP contribution in [0.5, 0.6) is 0 Å². The molecular formula is C19H20F2N2OS. The quantitative estimate of drug-likeness (QED) is 0.737. The van der Waals surface area contributed by atoms with E-state index in [-0.39, 0.29) is 11.9 Å². The van der Waals surface area contributed by atoms with Crippen molar-refractivity contribution in [2.24, 2.45) is 4.99 Å². The van der Waals surface area contributed by atoms with Crippen LogP contribution in [0.1, 0.15) is 42.5 Å². The summed E-state index contributed by atoms with van der Waals surface area (Å²) in [5.74, 6) is -2.67. The lowest BCUT2D eigenvalue weighted by Crippen LogP contribution is -2.29. The smallest absolute Gasteiger partial charge is 0.268 e. The predicted octanol–water partition coefficient (Wildman–Crippen LogP) is 4.72. The Morgan fingerprint density at radius 1 is 1.08 bits per heavy atom. The Morgan fingerprint density at radius 2 is 1.80 bits per heavy atom. The van der Waals surface area contributed by atoms with Crippen LogP contribution in [0.2, 0.25) is 0 Å². The molecule has 1 aromatic carbocycles. The molecule has 0 spiro atoms. The third-order valence-electron chi connectivity index (χ3n) is 4.27. The van der Waals surface area contributed by atoms with Gasteiger partial charge in [-0.25, -0.2) is 0 Å². The minimum absolute atomic E-state index is 0.205. The first kappa shape index (κ1) is 17.9. The third-order valence-corrected chi connectivity index (χ3v) is 5.00. The van der Waals surface area contributed by atoms with Crippen molar-refractivity contribution in [1.29, 1.82) is 0 Å². The summed E-state index contributed by atoms with van der Waals surface area (Å²) in [7, 11) is 0. The number of halogens is 2. The van der Waals surface area contributed by atoms with Gasteiger partial charge in [-0.1, -0.05) is 37.1 Å². The molecule has 0 saturated heterocycles. The molecule has 3 nitrogen and oxygen atoms in total. The summed E-state index contributed by atoms with van der Waals surface area (Å²) >= 11 is 0.471. The molecule has 0 unspecified atom stereocenters. The van der Waals surface area contributed by atoms with Crippen LogP contribution in [0, 0.1) is 0 Å². The van der Waals surface area contributed by atoms with E-state index < -0.39 is 5.76 Å². The third kappa shape index (κ3) is 4.78. The minimum atomic E-state index is -2.47. The van der Waals surface area contributed by atoms with Crippen molar-refractivity contribution in [2.75, 3.05) is 0 Å². The number of rotatable bonds is 4. The Labute approximate surface area is 149 Å². The zero-order valence-electron chi connectivity index (χ0n) is 13.8. The molecule has 25 heavy (non-hydrogen) atoms. The van der Waals surface area contributed by atoms with Crippen molar-refractivity contribution in [3.8, 4) is 0 Å². The Hall–Kier alpha value is -1.95. The van der Waals surface area contributed by atoms with Crippen molar-refractivity contribution in [3.63, 3.8) is 0 Å².